The standard InChI is InChI=1S/C54H82O8/c1-5-9-11-17-41-23-27-43(28-24-41)19-13-15-21-45-31-35-47(36-32-45)51(55)61-49(53(57)59-39-7-3)50(54(58)60-40-8-4)62-52(56)48-37-33-46(34-38-48)22-16-14-20-44-29-25-42(26-30-44)18-12-10-6-2/h31-38,41-44,49-50H,5-30,39-40H2,1-4H3/t41-,42-,43-,44-,49-,50-/m1/s1. The first-order valence-electron chi connectivity index (χ1n) is 25.2. The molecule has 2 aromatic carbocycles. The van der Waals surface area contributed by atoms with E-state index in [0.29, 0.717) is 12.8 Å². The van der Waals surface area contributed by atoms with Gasteiger partial charge in [-0.05, 0) is 97.6 Å². The minimum atomic E-state index is -1.86. The topological polar surface area (TPSA) is 105 Å². The number of carbonyl (C=O) groups is 4. The smallest absolute Gasteiger partial charge is 0.352 e. The highest BCUT2D eigenvalue weighted by molar-refractivity contribution is 5.96. The van der Waals surface area contributed by atoms with Crippen LogP contribution in [-0.2, 0) is 41.4 Å². The van der Waals surface area contributed by atoms with Gasteiger partial charge in [0.15, 0.2) is 0 Å². The Balaban J connectivity index is 1.28. The van der Waals surface area contributed by atoms with Crippen molar-refractivity contribution in [3.63, 3.8) is 0 Å². The molecular weight excluding hydrogens is 777 g/mol. The second kappa shape index (κ2) is 29.6. The van der Waals surface area contributed by atoms with Crippen LogP contribution in [-0.4, -0.2) is 49.3 Å². The van der Waals surface area contributed by atoms with E-state index in [1.165, 1.54) is 128 Å². The molecule has 0 unspecified atom stereocenters. The Morgan fingerprint density at radius 3 is 1.03 bits per heavy atom. The average molecular weight is 859 g/mol. The van der Waals surface area contributed by atoms with Crippen LogP contribution >= 0.6 is 0 Å². The number of unbranched alkanes of at least 4 members (excludes halogenated alkanes) is 6. The molecule has 8 nitrogen and oxygen atoms in total. The van der Waals surface area contributed by atoms with E-state index in [2.05, 4.69) is 13.8 Å². The monoisotopic (exact) mass is 859 g/mol. The van der Waals surface area contributed by atoms with Crippen LogP contribution in [0.1, 0.15) is 214 Å². The average Bonchev–Trinajstić information content (AvgIpc) is 3.30. The summed E-state index contributed by atoms with van der Waals surface area (Å²) >= 11 is 0. The summed E-state index contributed by atoms with van der Waals surface area (Å²) in [5.74, 6) is -0.0674. The van der Waals surface area contributed by atoms with E-state index in [4.69, 9.17) is 18.9 Å². The Labute approximate surface area is 375 Å². The van der Waals surface area contributed by atoms with Crippen LogP contribution in [0.15, 0.2) is 48.5 Å². The molecule has 4 rings (SSSR count). The predicted molar refractivity (Wildman–Crippen MR) is 248 cm³/mol. The second-order valence-corrected chi connectivity index (χ2v) is 18.6. The summed E-state index contributed by atoms with van der Waals surface area (Å²) in [5.41, 5.74) is 2.66. The van der Waals surface area contributed by atoms with Crippen molar-refractivity contribution < 1.29 is 38.1 Å². The molecule has 0 heterocycles. The largest absolute Gasteiger partial charge is 0.463 e. The summed E-state index contributed by atoms with van der Waals surface area (Å²) < 4.78 is 22.1. The predicted octanol–water partition coefficient (Wildman–Crippen LogP) is 13.5. The van der Waals surface area contributed by atoms with Gasteiger partial charge in [-0.25, -0.2) is 19.2 Å². The Hall–Kier alpha value is -3.68. The lowest BCUT2D eigenvalue weighted by Crippen LogP contribution is -2.47. The van der Waals surface area contributed by atoms with Crippen LogP contribution in [0.2, 0.25) is 0 Å². The number of ether oxygens (including phenoxy) is 4. The Bertz CT molecular complexity index is 1430. The van der Waals surface area contributed by atoms with Gasteiger partial charge >= 0.3 is 23.9 Å². The van der Waals surface area contributed by atoms with Gasteiger partial charge in [-0.1, -0.05) is 180 Å². The van der Waals surface area contributed by atoms with Gasteiger partial charge in [0.2, 0.25) is 12.2 Å². The SMILES string of the molecule is CCCCC[C@H]1CC[C@H](CCCCc2ccc(C(=O)O[C@@H](C(=O)OCCC)[C@@H](OC(=O)c3ccc(CCCC[C@H]4CC[C@H](CCCCC)CC4)cc3)C(=O)OCCC)cc2)CC1. The lowest BCUT2D eigenvalue weighted by Gasteiger charge is -2.28. The van der Waals surface area contributed by atoms with Gasteiger partial charge in [0.1, 0.15) is 0 Å². The lowest BCUT2D eigenvalue weighted by atomic mass is 9.78. The zero-order valence-electron chi connectivity index (χ0n) is 39.1. The van der Waals surface area contributed by atoms with E-state index >= 15 is 0 Å². The number of hydrogen-bond donors (Lipinski definition) is 0. The second-order valence-electron chi connectivity index (χ2n) is 18.6. The van der Waals surface area contributed by atoms with Gasteiger partial charge in [-0.15, -0.1) is 0 Å². The van der Waals surface area contributed by atoms with Gasteiger partial charge < -0.3 is 18.9 Å². The van der Waals surface area contributed by atoms with Crippen molar-refractivity contribution in [1.29, 1.82) is 0 Å². The highest BCUT2D eigenvalue weighted by Crippen LogP contribution is 2.36. The number of benzene rings is 2. The highest BCUT2D eigenvalue weighted by Gasteiger charge is 2.43. The molecule has 0 bridgehead atoms. The van der Waals surface area contributed by atoms with Crippen LogP contribution in [0.25, 0.3) is 0 Å². The normalized spacial score (nSPS) is 19.9. The van der Waals surface area contributed by atoms with Gasteiger partial charge in [0.25, 0.3) is 0 Å². The summed E-state index contributed by atoms with van der Waals surface area (Å²) in [5, 5.41) is 0. The van der Waals surface area contributed by atoms with Crippen molar-refractivity contribution >= 4 is 23.9 Å². The number of esters is 4. The fraction of sp³-hybridized carbons (Fsp3) is 0.704. The molecule has 2 aliphatic carbocycles. The van der Waals surface area contributed by atoms with Gasteiger partial charge in [-0.2, -0.15) is 0 Å². The maximum absolute atomic E-state index is 13.5. The molecule has 2 atom stereocenters. The van der Waals surface area contributed by atoms with Crippen LogP contribution in [0.5, 0.6) is 0 Å². The van der Waals surface area contributed by atoms with E-state index in [1.807, 2.05) is 38.1 Å². The third-order valence-corrected chi connectivity index (χ3v) is 13.5. The molecule has 0 aromatic heterocycles. The molecule has 0 spiro atoms. The van der Waals surface area contributed by atoms with E-state index in [1.54, 1.807) is 24.3 Å². The molecule has 2 aromatic rings. The molecule has 2 saturated carbocycles. The first-order valence-corrected chi connectivity index (χ1v) is 25.2. The molecule has 2 aliphatic rings. The van der Waals surface area contributed by atoms with Gasteiger partial charge in [0, 0.05) is 0 Å². The molecule has 0 radical (unpaired) electrons. The van der Waals surface area contributed by atoms with E-state index < -0.39 is 36.1 Å². The summed E-state index contributed by atoms with van der Waals surface area (Å²) in [7, 11) is 0. The number of rotatable bonds is 29. The first kappa shape index (κ1) is 51.0. The van der Waals surface area contributed by atoms with Crippen LogP contribution in [0.3, 0.4) is 0 Å². The Morgan fingerprint density at radius 1 is 0.435 bits per heavy atom. The third kappa shape index (κ3) is 18.6. The highest BCUT2D eigenvalue weighted by atomic mass is 16.6. The van der Waals surface area contributed by atoms with Crippen LogP contribution < -0.4 is 0 Å². The van der Waals surface area contributed by atoms with Crippen molar-refractivity contribution in [3.8, 4) is 0 Å². The Morgan fingerprint density at radius 2 is 0.742 bits per heavy atom. The maximum atomic E-state index is 13.5. The fourth-order valence-corrected chi connectivity index (χ4v) is 9.53. The molecule has 346 valence electrons. The fourth-order valence-electron chi connectivity index (χ4n) is 9.53. The van der Waals surface area contributed by atoms with Crippen molar-refractivity contribution in [3.05, 3.63) is 70.8 Å². The Kier molecular flexibility index (Phi) is 24.4. The summed E-state index contributed by atoms with van der Waals surface area (Å²) in [4.78, 5) is 53.9. The van der Waals surface area contributed by atoms with E-state index in [9.17, 15) is 19.2 Å². The van der Waals surface area contributed by atoms with Crippen molar-refractivity contribution in [2.45, 2.75) is 207 Å². The minimum absolute atomic E-state index is 0.0360. The number of aryl methyl sites for hydroxylation is 2. The van der Waals surface area contributed by atoms with Gasteiger partial charge in [-0.3, -0.25) is 0 Å². The number of hydrogen-bond acceptors (Lipinski definition) is 8. The molecule has 8 heteroatoms. The van der Waals surface area contributed by atoms with E-state index in [0.717, 1.165) is 60.5 Å². The molecule has 62 heavy (non-hydrogen) atoms. The van der Waals surface area contributed by atoms with Crippen LogP contribution in [0, 0.1) is 23.7 Å². The molecule has 2 fully saturated rings. The van der Waals surface area contributed by atoms with Crippen molar-refractivity contribution in [2.75, 3.05) is 13.2 Å². The minimum Gasteiger partial charge on any atom is -0.463 e. The van der Waals surface area contributed by atoms with Crippen molar-refractivity contribution in [2.24, 2.45) is 23.7 Å². The zero-order valence-corrected chi connectivity index (χ0v) is 39.1. The number of carbonyl (C=O) groups excluding carboxylic acids is 4. The molecule has 0 N–H and O–H groups in total. The lowest BCUT2D eigenvalue weighted by molar-refractivity contribution is -0.174. The van der Waals surface area contributed by atoms with Crippen LogP contribution in [0.4, 0.5) is 0 Å². The molecule has 0 saturated heterocycles. The van der Waals surface area contributed by atoms with Crippen molar-refractivity contribution in [1.82, 2.24) is 0 Å². The summed E-state index contributed by atoms with van der Waals surface area (Å²) in [6.45, 7) is 8.28. The molecular formula is C54H82O8. The summed E-state index contributed by atoms with van der Waals surface area (Å²) in [6.07, 6.45) is 28.1. The molecule has 0 aliphatic heterocycles. The maximum Gasteiger partial charge on any atom is 0.352 e. The van der Waals surface area contributed by atoms with E-state index in [-0.39, 0.29) is 24.3 Å². The van der Waals surface area contributed by atoms with Gasteiger partial charge in [0.05, 0.1) is 24.3 Å². The summed E-state index contributed by atoms with van der Waals surface area (Å²) in [6, 6.07) is 14.3. The first-order chi connectivity index (χ1) is 30.2. The molecule has 0 amide bonds. The third-order valence-electron chi connectivity index (χ3n) is 13.5. The zero-order chi connectivity index (χ0) is 44.4. The quantitative estimate of drug-likeness (QED) is 0.0452.